The summed E-state index contributed by atoms with van der Waals surface area (Å²) in [6, 6.07) is 12.2. The van der Waals surface area contributed by atoms with Crippen LogP contribution >= 0.6 is 0 Å². The van der Waals surface area contributed by atoms with Gasteiger partial charge in [0.15, 0.2) is 0 Å². The van der Waals surface area contributed by atoms with E-state index >= 15 is 0 Å². The van der Waals surface area contributed by atoms with Crippen LogP contribution < -0.4 is 9.44 Å². The van der Waals surface area contributed by atoms with E-state index in [1.807, 2.05) is 13.0 Å². The third kappa shape index (κ3) is 3.95. The fourth-order valence-electron chi connectivity index (χ4n) is 2.19. The molecule has 0 aromatic heterocycles. The Morgan fingerprint density at radius 1 is 0.875 bits per heavy atom. The summed E-state index contributed by atoms with van der Waals surface area (Å²) in [7, 11) is -7.25. The Kier molecular flexibility index (Phi) is 4.37. The topological polar surface area (TPSA) is 92.3 Å². The van der Waals surface area contributed by atoms with Gasteiger partial charge in [-0.15, -0.1) is 0 Å². The molecule has 1 fully saturated rings. The van der Waals surface area contributed by atoms with Gasteiger partial charge in [-0.25, -0.2) is 21.6 Å². The Labute approximate surface area is 142 Å². The molecule has 0 radical (unpaired) electrons. The summed E-state index contributed by atoms with van der Waals surface area (Å²) >= 11 is 0. The average Bonchev–Trinajstić information content (AvgIpc) is 3.31. The Morgan fingerprint density at radius 3 is 2.12 bits per heavy atom. The molecule has 8 heteroatoms. The van der Waals surface area contributed by atoms with Gasteiger partial charge in [-0.2, -0.15) is 0 Å². The highest BCUT2D eigenvalue weighted by atomic mass is 32.2. The highest BCUT2D eigenvalue weighted by Gasteiger charge is 2.27. The molecule has 3 rings (SSSR count). The van der Waals surface area contributed by atoms with Gasteiger partial charge in [0.1, 0.15) is 0 Å². The smallest absolute Gasteiger partial charge is 0.261 e. The van der Waals surface area contributed by atoms with Crippen LogP contribution in [0.2, 0.25) is 0 Å². The maximum atomic E-state index is 12.3. The minimum atomic E-state index is -3.71. The van der Waals surface area contributed by atoms with E-state index in [9.17, 15) is 16.8 Å². The molecule has 1 aliphatic rings. The summed E-state index contributed by atoms with van der Waals surface area (Å²) < 4.78 is 53.9. The zero-order chi connectivity index (χ0) is 17.4. The lowest BCUT2D eigenvalue weighted by molar-refractivity contribution is 0.581. The molecule has 0 aliphatic heterocycles. The number of sulfonamides is 2. The molecule has 2 N–H and O–H groups in total. The summed E-state index contributed by atoms with van der Waals surface area (Å²) in [6.07, 6.45) is 1.71. The van der Waals surface area contributed by atoms with Gasteiger partial charge in [0.25, 0.3) is 10.0 Å². The van der Waals surface area contributed by atoms with E-state index in [0.29, 0.717) is 5.69 Å². The molecule has 128 valence electrons. The molecular weight excluding hydrogens is 348 g/mol. The molecule has 0 atom stereocenters. The molecule has 2 aromatic carbocycles. The van der Waals surface area contributed by atoms with Crippen LogP contribution in [0.15, 0.2) is 58.3 Å². The van der Waals surface area contributed by atoms with E-state index in [4.69, 9.17) is 0 Å². The third-order valence-electron chi connectivity index (χ3n) is 3.62. The predicted octanol–water partition coefficient (Wildman–Crippen LogP) is 2.24. The molecule has 24 heavy (non-hydrogen) atoms. The van der Waals surface area contributed by atoms with Crippen molar-refractivity contribution in [2.45, 2.75) is 35.6 Å². The van der Waals surface area contributed by atoms with Crippen LogP contribution in [-0.2, 0) is 20.0 Å². The van der Waals surface area contributed by atoms with E-state index in [2.05, 4.69) is 9.44 Å². The molecule has 0 bridgehead atoms. The van der Waals surface area contributed by atoms with Gasteiger partial charge < -0.3 is 0 Å². The summed E-state index contributed by atoms with van der Waals surface area (Å²) in [5.74, 6) is 0. The predicted molar refractivity (Wildman–Crippen MR) is 91.8 cm³/mol. The van der Waals surface area contributed by atoms with E-state index < -0.39 is 20.0 Å². The van der Waals surface area contributed by atoms with Crippen LogP contribution in [0.1, 0.15) is 18.4 Å². The minimum Gasteiger partial charge on any atom is -0.280 e. The largest absolute Gasteiger partial charge is 0.280 e. The molecule has 1 saturated carbocycles. The van der Waals surface area contributed by atoms with E-state index in [1.165, 1.54) is 30.3 Å². The van der Waals surface area contributed by atoms with Crippen LogP contribution in [0.5, 0.6) is 0 Å². The quantitative estimate of drug-likeness (QED) is 0.820. The van der Waals surface area contributed by atoms with Gasteiger partial charge in [-0.3, -0.25) is 4.72 Å². The van der Waals surface area contributed by atoms with Gasteiger partial charge in [-0.05, 0) is 61.7 Å². The van der Waals surface area contributed by atoms with Crippen molar-refractivity contribution < 1.29 is 16.8 Å². The minimum absolute atomic E-state index is 0.0227. The second-order valence-electron chi connectivity index (χ2n) is 5.84. The molecule has 0 heterocycles. The lowest BCUT2D eigenvalue weighted by atomic mass is 10.2. The van der Waals surface area contributed by atoms with Crippen LogP contribution in [0.4, 0.5) is 5.69 Å². The Bertz CT molecular complexity index is 948. The van der Waals surface area contributed by atoms with Crippen molar-refractivity contribution in [2.24, 2.45) is 0 Å². The number of hydrogen-bond donors (Lipinski definition) is 2. The van der Waals surface area contributed by atoms with E-state index in [-0.39, 0.29) is 15.8 Å². The van der Waals surface area contributed by atoms with E-state index in [0.717, 1.165) is 18.4 Å². The number of hydrogen-bond acceptors (Lipinski definition) is 4. The standard InChI is InChI=1S/C16H18N2O4S2/c1-12-3-2-4-16(11-12)24(21,22)18-14-7-9-15(10-8-14)23(19,20)17-13-5-6-13/h2-4,7-11,13,17-18H,5-6H2,1H3. The Hall–Kier alpha value is -1.90. The molecule has 0 saturated heterocycles. The van der Waals surface area contributed by atoms with Crippen LogP contribution in [0, 0.1) is 6.92 Å². The third-order valence-corrected chi connectivity index (χ3v) is 6.53. The van der Waals surface area contributed by atoms with Gasteiger partial charge in [0, 0.05) is 11.7 Å². The first kappa shape index (κ1) is 16.9. The van der Waals surface area contributed by atoms with Crippen molar-refractivity contribution in [2.75, 3.05) is 4.72 Å². The number of rotatable bonds is 6. The molecule has 6 nitrogen and oxygen atoms in total. The Balaban J connectivity index is 1.78. The fourth-order valence-corrected chi connectivity index (χ4v) is 4.66. The number of anilines is 1. The first-order chi connectivity index (χ1) is 11.3. The normalized spacial score (nSPS) is 15.2. The highest BCUT2D eigenvalue weighted by Crippen LogP contribution is 2.23. The van der Waals surface area contributed by atoms with Crippen LogP contribution in [0.3, 0.4) is 0 Å². The van der Waals surface area contributed by atoms with E-state index in [1.54, 1.807) is 12.1 Å². The van der Waals surface area contributed by atoms with Gasteiger partial charge >= 0.3 is 0 Å². The van der Waals surface area contributed by atoms with Crippen molar-refractivity contribution >= 4 is 25.7 Å². The van der Waals surface area contributed by atoms with Gasteiger partial charge in [0.05, 0.1) is 9.79 Å². The highest BCUT2D eigenvalue weighted by molar-refractivity contribution is 7.92. The first-order valence-electron chi connectivity index (χ1n) is 7.48. The van der Waals surface area contributed by atoms with Crippen LogP contribution in [0.25, 0.3) is 0 Å². The Morgan fingerprint density at radius 2 is 1.54 bits per heavy atom. The lowest BCUT2D eigenvalue weighted by Gasteiger charge is -2.10. The number of benzene rings is 2. The second-order valence-corrected chi connectivity index (χ2v) is 9.24. The van der Waals surface area contributed by atoms with Crippen molar-refractivity contribution in [3.8, 4) is 0 Å². The number of nitrogens with one attached hydrogen (secondary N) is 2. The van der Waals surface area contributed by atoms with Gasteiger partial charge in [-0.1, -0.05) is 12.1 Å². The maximum Gasteiger partial charge on any atom is 0.261 e. The second kappa shape index (κ2) is 6.19. The summed E-state index contributed by atoms with van der Waals surface area (Å²) in [5, 5.41) is 0. The molecular formula is C16H18N2O4S2. The molecule has 0 unspecified atom stereocenters. The summed E-state index contributed by atoms with van der Waals surface area (Å²) in [6.45, 7) is 1.81. The SMILES string of the molecule is Cc1cccc(S(=O)(=O)Nc2ccc(S(=O)(=O)NC3CC3)cc2)c1. The first-order valence-corrected chi connectivity index (χ1v) is 10.4. The summed E-state index contributed by atoms with van der Waals surface area (Å²) in [5.41, 5.74) is 1.15. The maximum absolute atomic E-state index is 12.3. The monoisotopic (exact) mass is 366 g/mol. The fraction of sp³-hybridized carbons (Fsp3) is 0.250. The summed E-state index contributed by atoms with van der Waals surface area (Å²) in [4.78, 5) is 0.280. The zero-order valence-corrected chi connectivity index (χ0v) is 14.7. The molecule has 0 amide bonds. The zero-order valence-electron chi connectivity index (χ0n) is 13.1. The van der Waals surface area contributed by atoms with Crippen molar-refractivity contribution in [1.29, 1.82) is 0 Å². The lowest BCUT2D eigenvalue weighted by Crippen LogP contribution is -2.25. The number of aryl methyl sites for hydroxylation is 1. The molecule has 0 spiro atoms. The van der Waals surface area contributed by atoms with Gasteiger partial charge in [0.2, 0.25) is 10.0 Å². The van der Waals surface area contributed by atoms with Crippen molar-refractivity contribution in [3.63, 3.8) is 0 Å². The molecule has 1 aliphatic carbocycles. The average molecular weight is 366 g/mol. The molecule has 2 aromatic rings. The van der Waals surface area contributed by atoms with Crippen molar-refractivity contribution in [3.05, 3.63) is 54.1 Å². The van der Waals surface area contributed by atoms with Crippen molar-refractivity contribution in [1.82, 2.24) is 4.72 Å². The van der Waals surface area contributed by atoms with Crippen LogP contribution in [-0.4, -0.2) is 22.9 Å².